The maximum atomic E-state index is 12.1. The van der Waals surface area contributed by atoms with Gasteiger partial charge in [-0.1, -0.05) is 0 Å². The third-order valence-corrected chi connectivity index (χ3v) is 3.37. The second-order valence-electron chi connectivity index (χ2n) is 4.67. The average molecular weight is 293 g/mol. The van der Waals surface area contributed by atoms with E-state index in [4.69, 9.17) is 9.47 Å². The van der Waals surface area contributed by atoms with Crippen LogP contribution in [0.2, 0.25) is 0 Å². The van der Waals surface area contributed by atoms with Gasteiger partial charge in [-0.05, 0) is 12.1 Å². The van der Waals surface area contributed by atoms with Crippen molar-refractivity contribution in [3.05, 3.63) is 18.2 Å². The van der Waals surface area contributed by atoms with E-state index >= 15 is 0 Å². The van der Waals surface area contributed by atoms with Crippen molar-refractivity contribution in [2.45, 2.75) is 12.5 Å². The van der Waals surface area contributed by atoms with Crippen LogP contribution in [0.3, 0.4) is 0 Å². The lowest BCUT2D eigenvalue weighted by atomic mass is 10.2. The molecule has 0 aliphatic carbocycles. The number of hydrogen-bond acceptors (Lipinski definition) is 4. The van der Waals surface area contributed by atoms with Crippen LogP contribution in [0.5, 0.6) is 11.5 Å². The molecule has 1 heterocycles. The molecule has 0 unspecified atom stereocenters. The predicted molar refractivity (Wildman–Crippen MR) is 77.9 cm³/mol. The number of ether oxygens (including phenoxy) is 2. The molecular formula is C14H19N3O4. The predicted octanol–water partition coefficient (Wildman–Crippen LogP) is 0.738. The molecule has 0 radical (unpaired) electrons. The summed E-state index contributed by atoms with van der Waals surface area (Å²) in [6.07, 6.45) is 0.280. The van der Waals surface area contributed by atoms with Crippen molar-refractivity contribution in [3.63, 3.8) is 0 Å². The minimum Gasteiger partial charge on any atom is -0.493 e. The molecule has 0 saturated carbocycles. The van der Waals surface area contributed by atoms with E-state index in [0.717, 1.165) is 5.69 Å². The van der Waals surface area contributed by atoms with Crippen molar-refractivity contribution in [1.82, 2.24) is 10.6 Å². The minimum atomic E-state index is -0.290. The van der Waals surface area contributed by atoms with Gasteiger partial charge < -0.3 is 25.0 Å². The highest BCUT2D eigenvalue weighted by Gasteiger charge is 2.31. The first kappa shape index (κ1) is 15.0. The van der Waals surface area contributed by atoms with Gasteiger partial charge in [-0.15, -0.1) is 0 Å². The Morgan fingerprint density at radius 1 is 1.29 bits per heavy atom. The summed E-state index contributed by atoms with van der Waals surface area (Å²) in [6, 6.07) is 4.80. The minimum absolute atomic E-state index is 0.0383. The Hall–Kier alpha value is -2.44. The summed E-state index contributed by atoms with van der Waals surface area (Å²) in [5.41, 5.74) is 0.721. The van der Waals surface area contributed by atoms with Crippen LogP contribution in [-0.2, 0) is 4.79 Å². The Kier molecular flexibility index (Phi) is 4.52. The average Bonchev–Trinajstić information content (AvgIpc) is 2.86. The molecule has 7 nitrogen and oxygen atoms in total. The number of methoxy groups -OCH3 is 2. The van der Waals surface area contributed by atoms with Gasteiger partial charge in [-0.25, -0.2) is 4.79 Å². The molecule has 7 heteroatoms. The standard InChI is InChI=1S/C14H19N3O4/c1-15-14(19)16-9-6-13(18)17(8-9)10-4-5-11(20-2)12(7-10)21-3/h4-5,7,9H,6,8H2,1-3H3,(H2,15,16,19)/t9-/m0/s1. The zero-order chi connectivity index (χ0) is 15.4. The van der Waals surface area contributed by atoms with E-state index in [9.17, 15) is 9.59 Å². The van der Waals surface area contributed by atoms with Crippen LogP contribution in [0.1, 0.15) is 6.42 Å². The molecule has 1 aliphatic rings. The fourth-order valence-corrected chi connectivity index (χ4v) is 2.30. The number of urea groups is 1. The van der Waals surface area contributed by atoms with Gasteiger partial charge in [0, 0.05) is 31.8 Å². The van der Waals surface area contributed by atoms with Crippen molar-refractivity contribution in [3.8, 4) is 11.5 Å². The van der Waals surface area contributed by atoms with Crippen molar-refractivity contribution >= 4 is 17.6 Å². The smallest absolute Gasteiger partial charge is 0.314 e. The van der Waals surface area contributed by atoms with Gasteiger partial charge in [0.15, 0.2) is 11.5 Å². The van der Waals surface area contributed by atoms with E-state index in [1.165, 1.54) is 7.05 Å². The lowest BCUT2D eigenvalue weighted by molar-refractivity contribution is -0.117. The quantitative estimate of drug-likeness (QED) is 0.858. The summed E-state index contributed by atoms with van der Waals surface area (Å²) in [7, 11) is 4.64. The normalized spacial score (nSPS) is 17.6. The largest absolute Gasteiger partial charge is 0.493 e. The van der Waals surface area contributed by atoms with Crippen molar-refractivity contribution in [2.75, 3.05) is 32.7 Å². The summed E-state index contributed by atoms with van der Waals surface area (Å²) >= 11 is 0. The number of hydrogen-bond donors (Lipinski definition) is 2. The Bertz CT molecular complexity index is 547. The zero-order valence-corrected chi connectivity index (χ0v) is 12.3. The first-order valence-electron chi connectivity index (χ1n) is 6.59. The third kappa shape index (κ3) is 3.18. The molecule has 1 atom stereocenters. The number of benzene rings is 1. The van der Waals surface area contributed by atoms with Gasteiger partial charge in [-0.3, -0.25) is 4.79 Å². The van der Waals surface area contributed by atoms with Crippen LogP contribution in [0.4, 0.5) is 10.5 Å². The van der Waals surface area contributed by atoms with E-state index in [1.807, 2.05) is 0 Å². The number of nitrogens with one attached hydrogen (secondary N) is 2. The highest BCUT2D eigenvalue weighted by atomic mass is 16.5. The lowest BCUT2D eigenvalue weighted by Crippen LogP contribution is -2.41. The molecular weight excluding hydrogens is 274 g/mol. The van der Waals surface area contributed by atoms with E-state index in [-0.39, 0.29) is 24.4 Å². The fourth-order valence-electron chi connectivity index (χ4n) is 2.30. The molecule has 1 aromatic rings. The SMILES string of the molecule is CNC(=O)N[C@H]1CC(=O)N(c2ccc(OC)c(OC)c2)C1. The molecule has 2 N–H and O–H groups in total. The molecule has 114 valence electrons. The van der Waals surface area contributed by atoms with Gasteiger partial charge in [0.05, 0.1) is 20.3 Å². The van der Waals surface area contributed by atoms with Crippen LogP contribution in [0.15, 0.2) is 18.2 Å². The first-order valence-corrected chi connectivity index (χ1v) is 6.59. The molecule has 1 aliphatic heterocycles. The molecule has 0 spiro atoms. The number of anilines is 1. The summed E-state index contributed by atoms with van der Waals surface area (Å²) in [6.45, 7) is 0.432. The van der Waals surface area contributed by atoms with Gasteiger partial charge in [0.25, 0.3) is 0 Å². The summed E-state index contributed by atoms with van der Waals surface area (Å²) in [5, 5.41) is 5.22. The monoisotopic (exact) mass is 293 g/mol. The molecule has 3 amide bonds. The van der Waals surface area contributed by atoms with Crippen LogP contribution >= 0.6 is 0 Å². The van der Waals surface area contributed by atoms with Crippen molar-refractivity contribution in [2.24, 2.45) is 0 Å². The van der Waals surface area contributed by atoms with Crippen molar-refractivity contribution < 1.29 is 19.1 Å². The fraction of sp³-hybridized carbons (Fsp3) is 0.429. The Morgan fingerprint density at radius 3 is 2.62 bits per heavy atom. The first-order chi connectivity index (χ1) is 10.1. The maximum Gasteiger partial charge on any atom is 0.314 e. The lowest BCUT2D eigenvalue weighted by Gasteiger charge is -2.19. The van der Waals surface area contributed by atoms with Crippen LogP contribution in [0, 0.1) is 0 Å². The summed E-state index contributed by atoms with van der Waals surface area (Å²) < 4.78 is 10.4. The Balaban J connectivity index is 2.15. The second-order valence-corrected chi connectivity index (χ2v) is 4.67. The van der Waals surface area contributed by atoms with Gasteiger partial charge >= 0.3 is 6.03 Å². The topological polar surface area (TPSA) is 79.9 Å². The molecule has 1 saturated heterocycles. The molecule has 21 heavy (non-hydrogen) atoms. The Morgan fingerprint density at radius 2 is 2.00 bits per heavy atom. The number of amides is 3. The van der Waals surface area contributed by atoms with Gasteiger partial charge in [0.1, 0.15) is 0 Å². The highest BCUT2D eigenvalue weighted by molar-refractivity contribution is 5.97. The number of carbonyl (C=O) groups is 2. The van der Waals surface area contributed by atoms with Crippen LogP contribution in [-0.4, -0.2) is 45.8 Å². The Labute approximate surface area is 123 Å². The molecule has 0 bridgehead atoms. The molecule has 2 rings (SSSR count). The van der Waals surface area contributed by atoms with Crippen molar-refractivity contribution in [1.29, 1.82) is 0 Å². The number of carbonyl (C=O) groups excluding carboxylic acids is 2. The van der Waals surface area contributed by atoms with Crippen LogP contribution in [0.25, 0.3) is 0 Å². The third-order valence-electron chi connectivity index (χ3n) is 3.37. The van der Waals surface area contributed by atoms with E-state index in [1.54, 1.807) is 37.3 Å². The molecule has 0 aromatic heterocycles. The summed E-state index contributed by atoms with van der Waals surface area (Å²) in [5.74, 6) is 1.13. The number of rotatable bonds is 4. The molecule has 1 fully saturated rings. The highest BCUT2D eigenvalue weighted by Crippen LogP contribution is 2.33. The van der Waals surface area contributed by atoms with E-state index < -0.39 is 0 Å². The van der Waals surface area contributed by atoms with Gasteiger partial charge in [0.2, 0.25) is 5.91 Å². The van der Waals surface area contributed by atoms with E-state index in [0.29, 0.717) is 18.0 Å². The molecule has 1 aromatic carbocycles. The summed E-state index contributed by atoms with van der Waals surface area (Å²) in [4.78, 5) is 25.0. The second kappa shape index (κ2) is 6.34. The maximum absolute atomic E-state index is 12.1. The zero-order valence-electron chi connectivity index (χ0n) is 12.3. The van der Waals surface area contributed by atoms with E-state index in [2.05, 4.69) is 10.6 Å². The number of nitrogens with zero attached hydrogens (tertiary/aromatic N) is 1. The van der Waals surface area contributed by atoms with Gasteiger partial charge in [-0.2, -0.15) is 0 Å². The van der Waals surface area contributed by atoms with Crippen LogP contribution < -0.4 is 25.0 Å².